The maximum Gasteiger partial charge on any atom is 0.310 e. The summed E-state index contributed by atoms with van der Waals surface area (Å²) in [5, 5.41) is 9.04. The van der Waals surface area contributed by atoms with Gasteiger partial charge in [-0.1, -0.05) is 0 Å². The van der Waals surface area contributed by atoms with Crippen LogP contribution in [0.15, 0.2) is 12.1 Å². The quantitative estimate of drug-likeness (QED) is 0.855. The summed E-state index contributed by atoms with van der Waals surface area (Å²) in [7, 11) is 0. The molecule has 0 bridgehead atoms. The van der Waals surface area contributed by atoms with Crippen LogP contribution in [0.1, 0.15) is 24.2 Å². The van der Waals surface area contributed by atoms with Gasteiger partial charge in [0.25, 0.3) is 11.7 Å². The molecule has 0 saturated heterocycles. The molecule has 0 saturated carbocycles. The molecule has 0 unspecified atom stereocenters. The monoisotopic (exact) mass is 283 g/mol. The van der Waals surface area contributed by atoms with E-state index < -0.39 is 34.7 Å². The lowest BCUT2D eigenvalue weighted by Gasteiger charge is -2.26. The van der Waals surface area contributed by atoms with E-state index in [0.717, 1.165) is 11.0 Å². The van der Waals surface area contributed by atoms with Crippen LogP contribution < -0.4 is 4.90 Å². The van der Waals surface area contributed by atoms with E-state index in [4.69, 9.17) is 5.11 Å². The van der Waals surface area contributed by atoms with Crippen LogP contribution in [0.25, 0.3) is 0 Å². The van der Waals surface area contributed by atoms with Crippen LogP contribution >= 0.6 is 0 Å². The van der Waals surface area contributed by atoms with E-state index in [2.05, 4.69) is 0 Å². The summed E-state index contributed by atoms with van der Waals surface area (Å²) in [4.78, 5) is 35.5. The van der Waals surface area contributed by atoms with Gasteiger partial charge in [0.1, 0.15) is 0 Å². The minimum Gasteiger partial charge on any atom is -0.481 e. The Labute approximate surface area is 112 Å². The zero-order valence-corrected chi connectivity index (χ0v) is 10.7. The number of hydrogen-bond acceptors (Lipinski definition) is 3. The van der Waals surface area contributed by atoms with Gasteiger partial charge in [0.2, 0.25) is 0 Å². The van der Waals surface area contributed by atoms with E-state index in [9.17, 15) is 23.2 Å². The molecule has 1 N–H and O–H groups in total. The van der Waals surface area contributed by atoms with Gasteiger partial charge in [0.05, 0.1) is 16.7 Å². The predicted octanol–water partition coefficient (Wildman–Crippen LogP) is 1.60. The third kappa shape index (κ3) is 2.04. The number of halogens is 2. The van der Waals surface area contributed by atoms with Crippen molar-refractivity contribution in [1.29, 1.82) is 0 Å². The standard InChI is InChI=1S/C13H11F2NO4/c1-13(2,12(19)20)5-16-9-4-8(15)7(14)3-6(9)10(17)11(16)18/h3-4H,5H2,1-2H3,(H,19,20). The number of amides is 1. The fraction of sp³-hybridized carbons (Fsp3) is 0.308. The molecule has 0 atom stereocenters. The second-order valence-corrected chi connectivity index (χ2v) is 5.19. The van der Waals surface area contributed by atoms with Crippen LogP contribution in [0, 0.1) is 17.0 Å². The number of anilines is 1. The Morgan fingerprint density at radius 2 is 1.80 bits per heavy atom. The van der Waals surface area contributed by atoms with E-state index in [1.807, 2.05) is 0 Å². The molecule has 1 aliphatic heterocycles. The topological polar surface area (TPSA) is 74.7 Å². The first-order chi connectivity index (χ1) is 9.15. The fourth-order valence-corrected chi connectivity index (χ4v) is 1.91. The number of carboxylic acids is 1. The molecule has 0 aliphatic carbocycles. The van der Waals surface area contributed by atoms with Crippen molar-refractivity contribution in [2.75, 3.05) is 11.4 Å². The van der Waals surface area contributed by atoms with E-state index >= 15 is 0 Å². The highest BCUT2D eigenvalue weighted by Crippen LogP contribution is 2.33. The van der Waals surface area contributed by atoms with Gasteiger partial charge in [-0.3, -0.25) is 14.4 Å². The van der Waals surface area contributed by atoms with Crippen LogP contribution in [-0.4, -0.2) is 29.3 Å². The number of Topliss-reactive ketones (excluding diaryl/α,β-unsaturated/α-hetero) is 1. The average Bonchev–Trinajstić information content (AvgIpc) is 2.55. The van der Waals surface area contributed by atoms with Crippen molar-refractivity contribution in [1.82, 2.24) is 0 Å². The number of hydrogen-bond donors (Lipinski definition) is 1. The Morgan fingerprint density at radius 1 is 1.25 bits per heavy atom. The molecular formula is C13H11F2NO4. The summed E-state index contributed by atoms with van der Waals surface area (Å²) in [6.07, 6.45) is 0. The molecule has 0 radical (unpaired) electrons. The summed E-state index contributed by atoms with van der Waals surface area (Å²) >= 11 is 0. The van der Waals surface area contributed by atoms with E-state index in [1.165, 1.54) is 13.8 Å². The average molecular weight is 283 g/mol. The Kier molecular flexibility index (Phi) is 3.08. The summed E-state index contributed by atoms with van der Waals surface area (Å²) in [5.41, 5.74) is -1.69. The van der Waals surface area contributed by atoms with Gasteiger partial charge in [0.15, 0.2) is 11.6 Å². The van der Waals surface area contributed by atoms with Crippen LogP contribution in [0.2, 0.25) is 0 Å². The summed E-state index contributed by atoms with van der Waals surface area (Å²) in [5.74, 6) is -5.57. The maximum atomic E-state index is 13.3. The van der Waals surface area contributed by atoms with Crippen molar-refractivity contribution in [2.24, 2.45) is 5.41 Å². The maximum absolute atomic E-state index is 13.3. The van der Waals surface area contributed by atoms with Gasteiger partial charge in [-0.05, 0) is 19.9 Å². The second kappa shape index (κ2) is 4.36. The fourth-order valence-electron chi connectivity index (χ4n) is 1.91. The van der Waals surface area contributed by atoms with Crippen molar-refractivity contribution >= 4 is 23.3 Å². The highest BCUT2D eigenvalue weighted by Gasteiger charge is 2.41. The Balaban J connectivity index is 2.48. The molecule has 0 aromatic heterocycles. The smallest absolute Gasteiger partial charge is 0.310 e. The number of fused-ring (bicyclic) bond motifs is 1. The Hall–Kier alpha value is -2.31. The first-order valence-corrected chi connectivity index (χ1v) is 5.74. The molecular weight excluding hydrogens is 272 g/mol. The molecule has 1 amide bonds. The Morgan fingerprint density at radius 3 is 2.35 bits per heavy atom. The number of benzene rings is 1. The van der Waals surface area contributed by atoms with Gasteiger partial charge >= 0.3 is 5.97 Å². The highest BCUT2D eigenvalue weighted by molar-refractivity contribution is 6.52. The number of carbonyl (C=O) groups excluding carboxylic acids is 2. The van der Waals surface area contributed by atoms with Crippen LogP contribution in [-0.2, 0) is 9.59 Å². The van der Waals surface area contributed by atoms with Gasteiger partial charge in [-0.2, -0.15) is 0 Å². The van der Waals surface area contributed by atoms with Gasteiger partial charge in [-0.25, -0.2) is 8.78 Å². The number of rotatable bonds is 3. The molecule has 1 heterocycles. The Bertz CT molecular complexity index is 640. The van der Waals surface area contributed by atoms with Crippen molar-refractivity contribution < 1.29 is 28.3 Å². The van der Waals surface area contributed by atoms with E-state index in [1.54, 1.807) is 0 Å². The lowest BCUT2D eigenvalue weighted by molar-refractivity contribution is -0.146. The van der Waals surface area contributed by atoms with Gasteiger partial charge in [0, 0.05) is 12.6 Å². The molecule has 1 aromatic carbocycles. The number of aliphatic carboxylic acids is 1. The van der Waals surface area contributed by atoms with E-state index in [-0.39, 0.29) is 17.8 Å². The summed E-state index contributed by atoms with van der Waals surface area (Å²) in [6.45, 7) is 2.42. The number of nitrogens with zero attached hydrogens (tertiary/aromatic N) is 1. The van der Waals surface area contributed by atoms with Crippen LogP contribution in [0.4, 0.5) is 14.5 Å². The van der Waals surface area contributed by atoms with Crippen molar-refractivity contribution in [3.63, 3.8) is 0 Å². The van der Waals surface area contributed by atoms with Crippen molar-refractivity contribution in [3.8, 4) is 0 Å². The first-order valence-electron chi connectivity index (χ1n) is 5.74. The SMILES string of the molecule is CC(C)(CN1C(=O)C(=O)c2cc(F)c(F)cc21)C(=O)O. The molecule has 1 aromatic rings. The lowest BCUT2D eigenvalue weighted by atomic mass is 9.93. The second-order valence-electron chi connectivity index (χ2n) is 5.19. The zero-order chi connectivity index (χ0) is 15.2. The summed E-state index contributed by atoms with van der Waals surface area (Å²) in [6, 6.07) is 1.38. The molecule has 7 heteroatoms. The minimum absolute atomic E-state index is 0.103. The van der Waals surface area contributed by atoms with E-state index in [0.29, 0.717) is 6.07 Å². The molecule has 0 fully saturated rings. The molecule has 106 valence electrons. The van der Waals surface area contributed by atoms with Crippen molar-refractivity contribution in [3.05, 3.63) is 29.3 Å². The largest absolute Gasteiger partial charge is 0.481 e. The number of ketones is 1. The van der Waals surface area contributed by atoms with Crippen LogP contribution in [0.5, 0.6) is 0 Å². The third-order valence-electron chi connectivity index (χ3n) is 3.15. The lowest BCUT2D eigenvalue weighted by Crippen LogP contribution is -2.41. The third-order valence-corrected chi connectivity index (χ3v) is 3.15. The highest BCUT2D eigenvalue weighted by atomic mass is 19.2. The molecule has 1 aliphatic rings. The first kappa shape index (κ1) is 14.1. The number of carboxylic acid groups (broad SMARTS) is 1. The van der Waals surface area contributed by atoms with Crippen molar-refractivity contribution in [2.45, 2.75) is 13.8 Å². The van der Waals surface area contributed by atoms with Gasteiger partial charge < -0.3 is 10.0 Å². The van der Waals surface area contributed by atoms with Gasteiger partial charge in [-0.15, -0.1) is 0 Å². The predicted molar refractivity (Wildman–Crippen MR) is 64.5 cm³/mol. The molecule has 20 heavy (non-hydrogen) atoms. The number of carbonyl (C=O) groups is 3. The zero-order valence-electron chi connectivity index (χ0n) is 10.7. The molecule has 0 spiro atoms. The molecule has 5 nitrogen and oxygen atoms in total. The normalized spacial score (nSPS) is 14.7. The van der Waals surface area contributed by atoms with Crippen LogP contribution in [0.3, 0.4) is 0 Å². The molecule has 2 rings (SSSR count). The summed E-state index contributed by atoms with van der Waals surface area (Å²) < 4.78 is 26.4. The minimum atomic E-state index is -1.33.